The molecule has 34 heavy (non-hydrogen) atoms. The maximum absolute atomic E-state index is 12.6. The van der Waals surface area contributed by atoms with Crippen LogP contribution in [0.25, 0.3) is 22.3 Å². The SMILES string of the molecule is COC(=O)c1ccc2nc(-c3ccc(Cl)cc3)c(CC3CCC(C(=O)OC(C)(C)C)C3)nc2c1. The Labute approximate surface area is 204 Å². The summed E-state index contributed by atoms with van der Waals surface area (Å²) in [6.07, 6.45) is 3.18. The van der Waals surface area contributed by atoms with Crippen LogP contribution in [0.2, 0.25) is 5.02 Å². The largest absolute Gasteiger partial charge is 0.465 e. The minimum Gasteiger partial charge on any atom is -0.465 e. The molecule has 1 saturated carbocycles. The van der Waals surface area contributed by atoms with Crippen molar-refractivity contribution in [2.24, 2.45) is 11.8 Å². The Hall–Kier alpha value is -2.99. The number of aromatic nitrogens is 2. The van der Waals surface area contributed by atoms with Gasteiger partial charge in [0.15, 0.2) is 0 Å². The number of ether oxygens (including phenoxy) is 2. The lowest BCUT2D eigenvalue weighted by atomic mass is 9.96. The zero-order valence-electron chi connectivity index (χ0n) is 19.9. The Balaban J connectivity index is 1.66. The van der Waals surface area contributed by atoms with E-state index < -0.39 is 11.6 Å². The molecule has 1 heterocycles. The molecule has 4 rings (SSSR count). The van der Waals surface area contributed by atoms with Crippen molar-refractivity contribution in [1.82, 2.24) is 9.97 Å². The molecule has 0 spiro atoms. The molecule has 178 valence electrons. The van der Waals surface area contributed by atoms with Crippen LogP contribution in [0.5, 0.6) is 0 Å². The summed E-state index contributed by atoms with van der Waals surface area (Å²) in [5.74, 6) is -0.343. The molecule has 0 bridgehead atoms. The molecule has 0 saturated heterocycles. The van der Waals surface area contributed by atoms with E-state index in [9.17, 15) is 9.59 Å². The number of halogens is 1. The zero-order chi connectivity index (χ0) is 24.5. The van der Waals surface area contributed by atoms with Crippen molar-refractivity contribution in [3.05, 3.63) is 58.7 Å². The Morgan fingerprint density at radius 1 is 1.03 bits per heavy atom. The van der Waals surface area contributed by atoms with E-state index in [0.29, 0.717) is 34.0 Å². The van der Waals surface area contributed by atoms with Gasteiger partial charge in [0, 0.05) is 10.6 Å². The molecule has 1 aromatic heterocycles. The van der Waals surface area contributed by atoms with Crippen molar-refractivity contribution in [1.29, 1.82) is 0 Å². The number of esters is 2. The Morgan fingerprint density at radius 2 is 1.76 bits per heavy atom. The van der Waals surface area contributed by atoms with Crippen LogP contribution >= 0.6 is 11.6 Å². The summed E-state index contributed by atoms with van der Waals surface area (Å²) in [6.45, 7) is 5.68. The van der Waals surface area contributed by atoms with Gasteiger partial charge in [0.2, 0.25) is 0 Å². The predicted octanol–water partition coefficient (Wildman–Crippen LogP) is 6.04. The fourth-order valence-electron chi connectivity index (χ4n) is 4.45. The van der Waals surface area contributed by atoms with E-state index in [1.54, 1.807) is 18.2 Å². The highest BCUT2D eigenvalue weighted by Gasteiger charge is 2.33. The summed E-state index contributed by atoms with van der Waals surface area (Å²) >= 11 is 6.10. The van der Waals surface area contributed by atoms with Gasteiger partial charge in [-0.2, -0.15) is 0 Å². The van der Waals surface area contributed by atoms with E-state index >= 15 is 0 Å². The number of methoxy groups -OCH3 is 1. The number of fused-ring (bicyclic) bond motifs is 1. The van der Waals surface area contributed by atoms with Gasteiger partial charge in [-0.1, -0.05) is 23.7 Å². The van der Waals surface area contributed by atoms with Crippen molar-refractivity contribution in [3.63, 3.8) is 0 Å². The second-order valence-electron chi connectivity index (χ2n) is 9.83. The van der Waals surface area contributed by atoms with Crippen molar-refractivity contribution >= 4 is 34.6 Å². The number of benzene rings is 2. The highest BCUT2D eigenvalue weighted by Crippen LogP contribution is 2.36. The number of hydrogen-bond acceptors (Lipinski definition) is 6. The molecule has 0 aliphatic heterocycles. The van der Waals surface area contributed by atoms with Gasteiger partial charge in [0.25, 0.3) is 0 Å². The monoisotopic (exact) mass is 480 g/mol. The Morgan fingerprint density at radius 3 is 2.44 bits per heavy atom. The van der Waals surface area contributed by atoms with Crippen LogP contribution in [0.1, 0.15) is 56.1 Å². The van der Waals surface area contributed by atoms with Crippen LogP contribution in [0.4, 0.5) is 0 Å². The summed E-state index contributed by atoms with van der Waals surface area (Å²) in [5, 5.41) is 0.651. The number of carbonyl (C=O) groups excluding carboxylic acids is 2. The van der Waals surface area contributed by atoms with Gasteiger partial charge < -0.3 is 9.47 Å². The third kappa shape index (κ3) is 5.55. The minimum absolute atomic E-state index is 0.0949. The number of nitrogens with zero attached hydrogens (tertiary/aromatic N) is 2. The van der Waals surface area contributed by atoms with E-state index in [1.165, 1.54) is 7.11 Å². The van der Waals surface area contributed by atoms with Crippen LogP contribution in [-0.2, 0) is 20.7 Å². The van der Waals surface area contributed by atoms with E-state index in [0.717, 1.165) is 36.2 Å². The van der Waals surface area contributed by atoms with Crippen molar-refractivity contribution in [3.8, 4) is 11.3 Å². The summed E-state index contributed by atoms with van der Waals surface area (Å²) in [5.41, 5.74) is 3.82. The van der Waals surface area contributed by atoms with Crippen LogP contribution in [0.15, 0.2) is 42.5 Å². The standard InChI is InChI=1S/C27H29ClN2O4/c1-27(2,3)34-26(32)18-6-5-16(13-18)14-23-24(17-7-10-20(28)11-8-17)30-21-12-9-19(25(31)33-4)15-22(21)29-23/h7-12,15-16,18H,5-6,13-14H2,1-4H3. The fraction of sp³-hybridized carbons (Fsp3) is 0.407. The van der Waals surface area contributed by atoms with E-state index in [2.05, 4.69) is 0 Å². The quantitative estimate of drug-likeness (QED) is 0.414. The molecule has 1 aliphatic carbocycles. The molecule has 3 aromatic rings. The average Bonchev–Trinajstić information content (AvgIpc) is 3.26. The molecule has 2 aromatic carbocycles. The lowest BCUT2D eigenvalue weighted by Crippen LogP contribution is -2.27. The van der Waals surface area contributed by atoms with E-state index in [-0.39, 0.29) is 11.9 Å². The second kappa shape index (κ2) is 9.71. The summed E-state index contributed by atoms with van der Waals surface area (Å²) in [7, 11) is 1.36. The molecule has 2 atom stereocenters. The second-order valence-corrected chi connectivity index (χ2v) is 10.3. The van der Waals surface area contributed by atoms with Gasteiger partial charge in [-0.3, -0.25) is 4.79 Å². The molecule has 7 heteroatoms. The lowest BCUT2D eigenvalue weighted by Gasteiger charge is -2.22. The lowest BCUT2D eigenvalue weighted by molar-refractivity contribution is -0.159. The third-order valence-electron chi connectivity index (χ3n) is 6.04. The molecule has 0 radical (unpaired) electrons. The zero-order valence-corrected chi connectivity index (χ0v) is 20.7. The van der Waals surface area contributed by atoms with Crippen molar-refractivity contribution in [2.75, 3.05) is 7.11 Å². The third-order valence-corrected chi connectivity index (χ3v) is 6.29. The Kier molecular flexibility index (Phi) is 6.89. The van der Waals surface area contributed by atoms with Crippen LogP contribution in [0, 0.1) is 11.8 Å². The molecule has 1 aliphatic rings. The first-order valence-corrected chi connectivity index (χ1v) is 11.9. The maximum Gasteiger partial charge on any atom is 0.337 e. The first-order chi connectivity index (χ1) is 16.1. The number of rotatable bonds is 5. The van der Waals surface area contributed by atoms with Crippen LogP contribution in [0.3, 0.4) is 0 Å². The van der Waals surface area contributed by atoms with E-state index in [1.807, 2.05) is 45.0 Å². The Bertz CT molecular complexity index is 1220. The molecular formula is C27H29ClN2O4. The van der Waals surface area contributed by atoms with Crippen molar-refractivity contribution in [2.45, 2.75) is 52.1 Å². The number of hydrogen-bond donors (Lipinski definition) is 0. The van der Waals surface area contributed by atoms with E-state index in [4.69, 9.17) is 31.0 Å². The topological polar surface area (TPSA) is 78.4 Å². The van der Waals surface area contributed by atoms with Crippen LogP contribution < -0.4 is 0 Å². The predicted molar refractivity (Wildman–Crippen MR) is 132 cm³/mol. The molecule has 0 amide bonds. The van der Waals surface area contributed by atoms with Crippen molar-refractivity contribution < 1.29 is 19.1 Å². The normalized spacial score (nSPS) is 18.1. The first kappa shape index (κ1) is 24.1. The fourth-order valence-corrected chi connectivity index (χ4v) is 4.58. The molecule has 0 N–H and O–H groups in total. The first-order valence-electron chi connectivity index (χ1n) is 11.5. The average molecular weight is 481 g/mol. The highest BCUT2D eigenvalue weighted by molar-refractivity contribution is 6.30. The van der Waals surface area contributed by atoms with Gasteiger partial charge in [-0.05, 0) is 82.7 Å². The summed E-state index contributed by atoms with van der Waals surface area (Å²) < 4.78 is 10.5. The number of carbonyl (C=O) groups is 2. The van der Waals surface area contributed by atoms with Crippen LogP contribution in [-0.4, -0.2) is 34.6 Å². The summed E-state index contributed by atoms with van der Waals surface area (Å²) in [4.78, 5) is 34.4. The smallest absolute Gasteiger partial charge is 0.337 e. The molecule has 2 unspecified atom stereocenters. The molecular weight excluding hydrogens is 452 g/mol. The maximum atomic E-state index is 12.6. The minimum atomic E-state index is -0.488. The highest BCUT2D eigenvalue weighted by atomic mass is 35.5. The van der Waals surface area contributed by atoms with Gasteiger partial charge in [0.1, 0.15) is 5.60 Å². The summed E-state index contributed by atoms with van der Waals surface area (Å²) in [6, 6.07) is 12.7. The van der Waals surface area contributed by atoms with Gasteiger partial charge >= 0.3 is 11.9 Å². The molecule has 6 nitrogen and oxygen atoms in total. The van der Waals surface area contributed by atoms with Gasteiger partial charge in [-0.25, -0.2) is 14.8 Å². The van der Waals surface area contributed by atoms with Gasteiger partial charge in [-0.15, -0.1) is 0 Å². The molecule has 1 fully saturated rings. The van der Waals surface area contributed by atoms with Gasteiger partial charge in [0.05, 0.1) is 41.0 Å².